The zero-order valence-corrected chi connectivity index (χ0v) is 12.4. The number of carboxylic acids is 1. The molecule has 1 saturated heterocycles. The number of ether oxygens (including phenoxy) is 1. The first-order chi connectivity index (χ1) is 10.3. The van der Waals surface area contributed by atoms with Crippen molar-refractivity contribution in [2.75, 3.05) is 13.7 Å². The van der Waals surface area contributed by atoms with Crippen molar-refractivity contribution >= 4 is 23.8 Å². The molecular formula is C13H20N2O7. The van der Waals surface area contributed by atoms with Gasteiger partial charge in [-0.2, -0.15) is 0 Å². The van der Waals surface area contributed by atoms with E-state index in [-0.39, 0.29) is 31.7 Å². The van der Waals surface area contributed by atoms with Crippen LogP contribution in [0.4, 0.5) is 0 Å². The van der Waals surface area contributed by atoms with Crippen molar-refractivity contribution in [2.24, 2.45) is 0 Å². The summed E-state index contributed by atoms with van der Waals surface area (Å²) in [7, 11) is 1.18. The highest BCUT2D eigenvalue weighted by molar-refractivity contribution is 5.90. The monoisotopic (exact) mass is 316 g/mol. The van der Waals surface area contributed by atoms with Crippen LogP contribution in [0.25, 0.3) is 0 Å². The lowest BCUT2D eigenvalue weighted by molar-refractivity contribution is -0.145. The van der Waals surface area contributed by atoms with Gasteiger partial charge >= 0.3 is 11.9 Å². The molecule has 124 valence electrons. The van der Waals surface area contributed by atoms with Crippen molar-refractivity contribution in [1.29, 1.82) is 0 Å². The van der Waals surface area contributed by atoms with Gasteiger partial charge in [-0.15, -0.1) is 0 Å². The number of hydrogen-bond acceptors (Lipinski definition) is 6. The molecule has 0 aliphatic carbocycles. The highest BCUT2D eigenvalue weighted by Gasteiger charge is 2.38. The molecule has 2 amide bonds. The number of carbonyl (C=O) groups is 4. The molecule has 9 nitrogen and oxygen atoms in total. The summed E-state index contributed by atoms with van der Waals surface area (Å²) in [6.07, 6.45) is -1.05. The van der Waals surface area contributed by atoms with Crippen LogP contribution in [0.3, 0.4) is 0 Å². The molecule has 1 rings (SSSR count). The number of esters is 1. The molecule has 1 fully saturated rings. The number of rotatable bonds is 6. The maximum absolute atomic E-state index is 12.1. The Morgan fingerprint density at radius 1 is 1.36 bits per heavy atom. The van der Waals surface area contributed by atoms with E-state index in [9.17, 15) is 24.3 Å². The van der Waals surface area contributed by atoms with Gasteiger partial charge in [-0.25, -0.2) is 4.79 Å². The molecule has 0 unspecified atom stereocenters. The number of hydrogen-bond donors (Lipinski definition) is 3. The second kappa shape index (κ2) is 7.74. The van der Waals surface area contributed by atoms with Gasteiger partial charge in [0.25, 0.3) is 0 Å². The summed E-state index contributed by atoms with van der Waals surface area (Å²) in [6.45, 7) is 1.30. The molecule has 1 aliphatic rings. The molecule has 3 atom stereocenters. The first-order valence-electron chi connectivity index (χ1n) is 6.81. The number of methoxy groups -OCH3 is 1. The van der Waals surface area contributed by atoms with Crippen LogP contribution in [0, 0.1) is 0 Å². The fourth-order valence-electron chi connectivity index (χ4n) is 2.30. The van der Waals surface area contributed by atoms with Gasteiger partial charge in [0.15, 0.2) is 0 Å². The van der Waals surface area contributed by atoms with Crippen molar-refractivity contribution in [3.63, 3.8) is 0 Å². The van der Waals surface area contributed by atoms with E-state index >= 15 is 0 Å². The van der Waals surface area contributed by atoms with Crippen LogP contribution in [-0.4, -0.2) is 70.7 Å². The van der Waals surface area contributed by atoms with Crippen LogP contribution in [0.1, 0.15) is 26.2 Å². The SMILES string of the molecule is COC(=O)CC[C@H](NC(=O)[C@@H]1C[C@@H](O)CN1C(C)=O)C(=O)O. The lowest BCUT2D eigenvalue weighted by atomic mass is 10.1. The van der Waals surface area contributed by atoms with Gasteiger partial charge in [0.05, 0.1) is 13.2 Å². The quantitative estimate of drug-likeness (QED) is 0.507. The van der Waals surface area contributed by atoms with Crippen molar-refractivity contribution in [3.05, 3.63) is 0 Å². The summed E-state index contributed by atoms with van der Waals surface area (Å²) in [5, 5.41) is 20.9. The number of nitrogens with zero attached hydrogens (tertiary/aromatic N) is 1. The van der Waals surface area contributed by atoms with Crippen LogP contribution >= 0.6 is 0 Å². The third-order valence-electron chi connectivity index (χ3n) is 3.47. The number of aliphatic hydroxyl groups excluding tert-OH is 1. The number of aliphatic hydroxyl groups is 1. The number of β-amino-alcohol motifs (C(OH)–C–C–N with tert-alkyl or cyclic N) is 1. The maximum atomic E-state index is 12.1. The second-order valence-electron chi connectivity index (χ2n) is 5.09. The van der Waals surface area contributed by atoms with E-state index in [0.717, 1.165) is 0 Å². The van der Waals surface area contributed by atoms with Crippen molar-refractivity contribution in [1.82, 2.24) is 10.2 Å². The van der Waals surface area contributed by atoms with Crippen molar-refractivity contribution < 1.29 is 34.1 Å². The maximum Gasteiger partial charge on any atom is 0.326 e. The Bertz CT molecular complexity index is 465. The predicted octanol–water partition coefficient (Wildman–Crippen LogP) is -1.51. The van der Waals surface area contributed by atoms with Gasteiger partial charge < -0.3 is 25.2 Å². The van der Waals surface area contributed by atoms with E-state index in [1.54, 1.807) is 0 Å². The summed E-state index contributed by atoms with van der Waals surface area (Å²) >= 11 is 0. The minimum absolute atomic E-state index is 0.0350. The third kappa shape index (κ3) is 4.69. The fourth-order valence-corrected chi connectivity index (χ4v) is 2.30. The Morgan fingerprint density at radius 3 is 2.50 bits per heavy atom. The molecule has 0 bridgehead atoms. The van der Waals surface area contributed by atoms with E-state index in [2.05, 4.69) is 10.1 Å². The van der Waals surface area contributed by atoms with Crippen LogP contribution in [-0.2, 0) is 23.9 Å². The Labute approximate surface area is 127 Å². The van der Waals surface area contributed by atoms with E-state index < -0.39 is 36.0 Å². The molecule has 9 heteroatoms. The summed E-state index contributed by atoms with van der Waals surface area (Å²) in [5.41, 5.74) is 0. The highest BCUT2D eigenvalue weighted by atomic mass is 16.5. The molecule has 0 saturated carbocycles. The van der Waals surface area contributed by atoms with Gasteiger partial charge in [-0.05, 0) is 6.42 Å². The lowest BCUT2D eigenvalue weighted by Gasteiger charge is -2.24. The Morgan fingerprint density at radius 2 is 2.00 bits per heavy atom. The Kier molecular flexibility index (Phi) is 6.29. The van der Waals surface area contributed by atoms with E-state index in [0.29, 0.717) is 0 Å². The van der Waals surface area contributed by atoms with Gasteiger partial charge in [0.2, 0.25) is 11.8 Å². The predicted molar refractivity (Wildman–Crippen MR) is 72.6 cm³/mol. The number of nitrogens with one attached hydrogen (secondary N) is 1. The molecule has 0 spiro atoms. The first kappa shape index (κ1) is 17.9. The van der Waals surface area contributed by atoms with Crippen LogP contribution in [0.2, 0.25) is 0 Å². The number of carboxylic acid groups (broad SMARTS) is 1. The molecule has 3 N–H and O–H groups in total. The minimum Gasteiger partial charge on any atom is -0.480 e. The standard InChI is InChI=1S/C13H20N2O7/c1-7(16)15-6-8(17)5-10(15)12(19)14-9(13(20)21)3-4-11(18)22-2/h8-10,17H,3-6H2,1-2H3,(H,14,19)(H,20,21)/t8-,9+,10+/m1/s1. The average Bonchev–Trinajstić information content (AvgIpc) is 2.84. The highest BCUT2D eigenvalue weighted by Crippen LogP contribution is 2.18. The third-order valence-corrected chi connectivity index (χ3v) is 3.47. The number of amides is 2. The molecule has 1 heterocycles. The minimum atomic E-state index is -1.29. The van der Waals surface area contributed by atoms with Crippen molar-refractivity contribution in [2.45, 2.75) is 44.4 Å². The number of aliphatic carboxylic acids is 1. The fraction of sp³-hybridized carbons (Fsp3) is 0.692. The molecule has 0 aromatic rings. The van der Waals surface area contributed by atoms with Gasteiger partial charge in [-0.3, -0.25) is 14.4 Å². The van der Waals surface area contributed by atoms with Crippen LogP contribution < -0.4 is 5.32 Å². The Hall–Kier alpha value is -2.16. The van der Waals surface area contributed by atoms with Gasteiger partial charge in [-0.1, -0.05) is 0 Å². The van der Waals surface area contributed by atoms with E-state index in [1.807, 2.05) is 0 Å². The summed E-state index contributed by atoms with van der Waals surface area (Å²) in [6, 6.07) is -2.18. The summed E-state index contributed by atoms with van der Waals surface area (Å²) < 4.78 is 4.42. The number of likely N-dealkylation sites (tertiary alicyclic amines) is 1. The van der Waals surface area contributed by atoms with E-state index in [1.165, 1.54) is 18.9 Å². The lowest BCUT2D eigenvalue weighted by Crippen LogP contribution is -2.50. The molecule has 22 heavy (non-hydrogen) atoms. The molecular weight excluding hydrogens is 296 g/mol. The van der Waals surface area contributed by atoms with Crippen molar-refractivity contribution in [3.8, 4) is 0 Å². The van der Waals surface area contributed by atoms with Crippen LogP contribution in [0.5, 0.6) is 0 Å². The van der Waals surface area contributed by atoms with Crippen LogP contribution in [0.15, 0.2) is 0 Å². The zero-order valence-electron chi connectivity index (χ0n) is 12.4. The largest absolute Gasteiger partial charge is 0.480 e. The summed E-state index contributed by atoms with van der Waals surface area (Å²) in [5.74, 6) is -2.91. The van der Waals surface area contributed by atoms with E-state index in [4.69, 9.17) is 5.11 Å². The molecule has 0 aromatic carbocycles. The second-order valence-corrected chi connectivity index (χ2v) is 5.09. The first-order valence-corrected chi connectivity index (χ1v) is 6.81. The summed E-state index contributed by atoms with van der Waals surface area (Å²) in [4.78, 5) is 47.0. The molecule has 1 aliphatic heterocycles. The molecule has 0 radical (unpaired) electrons. The van der Waals surface area contributed by atoms with Gasteiger partial charge in [0, 0.05) is 26.3 Å². The smallest absolute Gasteiger partial charge is 0.326 e. The molecule has 0 aromatic heterocycles. The zero-order chi connectivity index (χ0) is 16.9. The number of carbonyl (C=O) groups excluding carboxylic acids is 3. The topological polar surface area (TPSA) is 133 Å². The Balaban J connectivity index is 2.68. The normalized spacial score (nSPS) is 22.0. The van der Waals surface area contributed by atoms with Gasteiger partial charge in [0.1, 0.15) is 12.1 Å². The average molecular weight is 316 g/mol.